The topological polar surface area (TPSA) is 46.6 Å². The van der Waals surface area contributed by atoms with Crippen LogP contribution in [0.3, 0.4) is 0 Å². The number of allylic oxidation sites excluding steroid dienone is 1. The monoisotopic (exact) mass is 197 g/mol. The molecule has 4 nitrogen and oxygen atoms in total. The highest BCUT2D eigenvalue weighted by Gasteiger charge is 2.38. The van der Waals surface area contributed by atoms with E-state index in [0.29, 0.717) is 0 Å². The summed E-state index contributed by atoms with van der Waals surface area (Å²) in [6, 6.07) is -0.456. The largest absolute Gasteiger partial charge is 0.447 e. The van der Waals surface area contributed by atoms with Gasteiger partial charge in [-0.05, 0) is 26.8 Å². The van der Waals surface area contributed by atoms with Crippen LogP contribution in [0, 0.1) is 0 Å². The average Bonchev–Trinajstić information content (AvgIpc) is 2.47. The highest BCUT2D eigenvalue weighted by Crippen LogP contribution is 2.16. The van der Waals surface area contributed by atoms with Gasteiger partial charge < -0.3 is 4.74 Å². The number of hydrogen-bond donors (Lipinski definition) is 0. The molecule has 1 aliphatic rings. The van der Waals surface area contributed by atoms with Gasteiger partial charge in [0.1, 0.15) is 12.6 Å². The minimum Gasteiger partial charge on any atom is -0.447 e. The van der Waals surface area contributed by atoms with Gasteiger partial charge in [0.05, 0.1) is 0 Å². The molecule has 1 rings (SSSR count). The second-order valence-corrected chi connectivity index (χ2v) is 3.50. The van der Waals surface area contributed by atoms with Crippen molar-refractivity contribution in [3.63, 3.8) is 0 Å². The maximum atomic E-state index is 11.5. The van der Waals surface area contributed by atoms with Crippen molar-refractivity contribution in [2.24, 2.45) is 0 Å². The number of cyclic esters (lactones) is 1. The zero-order chi connectivity index (χ0) is 10.7. The molecule has 0 aromatic rings. The van der Waals surface area contributed by atoms with E-state index in [1.165, 1.54) is 11.0 Å². The molecule has 1 saturated heterocycles. The van der Waals surface area contributed by atoms with Crippen LogP contribution < -0.4 is 0 Å². The zero-order valence-corrected chi connectivity index (χ0v) is 8.69. The first-order chi connectivity index (χ1) is 6.57. The Hall–Kier alpha value is -1.32. The van der Waals surface area contributed by atoms with Crippen molar-refractivity contribution in [1.82, 2.24) is 4.90 Å². The second kappa shape index (κ2) is 4.26. The highest BCUT2D eigenvalue weighted by atomic mass is 16.6. The lowest BCUT2D eigenvalue weighted by Crippen LogP contribution is -2.43. The molecule has 14 heavy (non-hydrogen) atoms. The van der Waals surface area contributed by atoms with E-state index in [1.807, 2.05) is 13.8 Å². The maximum absolute atomic E-state index is 11.5. The van der Waals surface area contributed by atoms with Crippen molar-refractivity contribution in [3.05, 3.63) is 12.2 Å². The molecular formula is C10H15NO3. The number of ketones is 1. The van der Waals surface area contributed by atoms with Gasteiger partial charge in [-0.15, -0.1) is 0 Å². The Morgan fingerprint density at radius 2 is 2.29 bits per heavy atom. The lowest BCUT2D eigenvalue weighted by molar-refractivity contribution is -0.118. The summed E-state index contributed by atoms with van der Waals surface area (Å²) >= 11 is 0. The predicted octanol–water partition coefficient (Wildman–Crippen LogP) is 1.36. The molecule has 0 unspecified atom stereocenters. The first-order valence-electron chi connectivity index (χ1n) is 4.69. The quantitative estimate of drug-likeness (QED) is 0.642. The Morgan fingerprint density at radius 3 is 2.79 bits per heavy atom. The Morgan fingerprint density at radius 1 is 1.64 bits per heavy atom. The molecule has 1 atom stereocenters. The van der Waals surface area contributed by atoms with Crippen LogP contribution in [0.4, 0.5) is 4.79 Å². The molecule has 0 aromatic heterocycles. The van der Waals surface area contributed by atoms with Crippen LogP contribution in [0.2, 0.25) is 0 Å². The third kappa shape index (κ3) is 1.95. The van der Waals surface area contributed by atoms with Gasteiger partial charge in [0.25, 0.3) is 0 Å². The summed E-state index contributed by atoms with van der Waals surface area (Å²) in [5, 5.41) is 0. The van der Waals surface area contributed by atoms with E-state index in [0.717, 1.165) is 0 Å². The molecule has 78 valence electrons. The van der Waals surface area contributed by atoms with Gasteiger partial charge in [-0.3, -0.25) is 9.69 Å². The van der Waals surface area contributed by atoms with Gasteiger partial charge in [0.2, 0.25) is 0 Å². The molecule has 0 saturated carbocycles. The predicted molar refractivity (Wildman–Crippen MR) is 51.9 cm³/mol. The Bertz CT molecular complexity index is 271. The van der Waals surface area contributed by atoms with E-state index in [1.54, 1.807) is 13.0 Å². The minimum atomic E-state index is -0.446. The summed E-state index contributed by atoms with van der Waals surface area (Å²) in [5.74, 6) is -0.0768. The summed E-state index contributed by atoms with van der Waals surface area (Å²) in [7, 11) is 0. The van der Waals surface area contributed by atoms with Crippen LogP contribution in [-0.4, -0.2) is 35.5 Å². The minimum absolute atomic E-state index is 0.00999. The van der Waals surface area contributed by atoms with Crippen LogP contribution >= 0.6 is 0 Å². The van der Waals surface area contributed by atoms with E-state index >= 15 is 0 Å². The van der Waals surface area contributed by atoms with Crippen molar-refractivity contribution in [3.8, 4) is 0 Å². The zero-order valence-electron chi connectivity index (χ0n) is 8.69. The fraction of sp³-hybridized carbons (Fsp3) is 0.600. The maximum Gasteiger partial charge on any atom is 0.410 e. The van der Waals surface area contributed by atoms with Crippen molar-refractivity contribution in [2.75, 3.05) is 6.61 Å². The molecule has 1 fully saturated rings. The lowest BCUT2D eigenvalue weighted by atomic mass is 10.1. The first kappa shape index (κ1) is 10.8. The van der Waals surface area contributed by atoms with E-state index in [2.05, 4.69) is 0 Å². The molecule has 1 heterocycles. The summed E-state index contributed by atoms with van der Waals surface area (Å²) in [4.78, 5) is 24.3. The molecule has 4 heteroatoms. The summed E-state index contributed by atoms with van der Waals surface area (Å²) < 4.78 is 4.84. The van der Waals surface area contributed by atoms with Crippen molar-refractivity contribution < 1.29 is 14.3 Å². The summed E-state index contributed by atoms with van der Waals surface area (Å²) in [6.45, 7) is 5.67. The van der Waals surface area contributed by atoms with E-state index in [4.69, 9.17) is 4.74 Å². The molecule has 0 aliphatic carbocycles. The molecule has 1 aliphatic heterocycles. The van der Waals surface area contributed by atoms with Crippen molar-refractivity contribution in [1.29, 1.82) is 0 Å². The smallest absolute Gasteiger partial charge is 0.410 e. The number of amides is 1. The van der Waals surface area contributed by atoms with Gasteiger partial charge in [-0.25, -0.2) is 4.79 Å². The average molecular weight is 197 g/mol. The molecule has 0 bridgehead atoms. The number of rotatable bonds is 3. The summed E-state index contributed by atoms with van der Waals surface area (Å²) in [5.41, 5.74) is 0. The van der Waals surface area contributed by atoms with Gasteiger partial charge in [-0.2, -0.15) is 0 Å². The van der Waals surface area contributed by atoms with Crippen LogP contribution in [0.5, 0.6) is 0 Å². The van der Waals surface area contributed by atoms with Gasteiger partial charge in [0.15, 0.2) is 5.78 Å². The molecule has 0 aromatic carbocycles. The highest BCUT2D eigenvalue weighted by molar-refractivity contribution is 5.97. The first-order valence-corrected chi connectivity index (χ1v) is 4.69. The number of carbonyl (C=O) groups is 2. The number of hydrogen-bond acceptors (Lipinski definition) is 3. The SMILES string of the molecule is C/C=C/C(=O)[C@@H]1COC(=O)N1C(C)C. The fourth-order valence-corrected chi connectivity index (χ4v) is 1.50. The number of carbonyl (C=O) groups excluding carboxylic acids is 2. The Kier molecular flexibility index (Phi) is 3.28. The lowest BCUT2D eigenvalue weighted by Gasteiger charge is -2.23. The Labute approximate surface area is 83.5 Å². The third-order valence-corrected chi connectivity index (χ3v) is 2.13. The number of nitrogens with zero attached hydrogens (tertiary/aromatic N) is 1. The standard InChI is InChI=1S/C10H15NO3/c1-4-5-9(12)8-6-14-10(13)11(8)7(2)3/h4-5,7-8H,6H2,1-3H3/b5-4+/t8-/m0/s1. The van der Waals surface area contributed by atoms with Crippen LogP contribution in [-0.2, 0) is 9.53 Å². The van der Waals surface area contributed by atoms with Crippen molar-refractivity contribution >= 4 is 11.9 Å². The van der Waals surface area contributed by atoms with Crippen LogP contribution in [0.1, 0.15) is 20.8 Å². The van der Waals surface area contributed by atoms with E-state index < -0.39 is 12.1 Å². The molecule has 1 amide bonds. The second-order valence-electron chi connectivity index (χ2n) is 3.50. The van der Waals surface area contributed by atoms with E-state index in [9.17, 15) is 9.59 Å². The Balaban J connectivity index is 2.79. The normalized spacial score (nSPS) is 22.1. The van der Waals surface area contributed by atoms with Gasteiger partial charge in [-0.1, -0.05) is 6.08 Å². The fourth-order valence-electron chi connectivity index (χ4n) is 1.50. The molecular weight excluding hydrogens is 182 g/mol. The van der Waals surface area contributed by atoms with Crippen LogP contribution in [0.25, 0.3) is 0 Å². The van der Waals surface area contributed by atoms with Gasteiger partial charge in [0, 0.05) is 6.04 Å². The molecule has 0 N–H and O–H groups in total. The van der Waals surface area contributed by atoms with Crippen LogP contribution in [0.15, 0.2) is 12.2 Å². The summed E-state index contributed by atoms with van der Waals surface area (Å²) in [6.07, 6.45) is 2.74. The van der Waals surface area contributed by atoms with Gasteiger partial charge >= 0.3 is 6.09 Å². The third-order valence-electron chi connectivity index (χ3n) is 2.13. The van der Waals surface area contributed by atoms with E-state index in [-0.39, 0.29) is 18.4 Å². The molecule has 0 spiro atoms. The molecule has 0 radical (unpaired) electrons. The number of ether oxygens (including phenoxy) is 1. The van der Waals surface area contributed by atoms with Crippen molar-refractivity contribution in [2.45, 2.75) is 32.9 Å².